The minimum atomic E-state index is 0.00569. The van der Waals surface area contributed by atoms with E-state index in [4.69, 9.17) is 0 Å². The highest BCUT2D eigenvalue weighted by Crippen LogP contribution is 2.24. The van der Waals surface area contributed by atoms with E-state index in [0.29, 0.717) is 0 Å². The number of likely N-dealkylation sites (N-methyl/N-ethyl adjacent to an activating group) is 1. The molecule has 1 amide bonds. The Labute approximate surface area is 139 Å². The number of carbonyl (C=O) groups is 1. The van der Waals surface area contributed by atoms with Gasteiger partial charge in [-0.05, 0) is 61.8 Å². The van der Waals surface area contributed by atoms with Crippen LogP contribution in [0.4, 0.5) is 5.69 Å². The summed E-state index contributed by atoms with van der Waals surface area (Å²) in [7, 11) is 2.01. The molecule has 2 aromatic rings. The number of halogens is 1. The fourth-order valence-electron chi connectivity index (χ4n) is 2.86. The molecule has 1 aliphatic rings. The molecule has 1 saturated heterocycles. The zero-order valence-electron chi connectivity index (χ0n) is 12.6. The van der Waals surface area contributed by atoms with Gasteiger partial charge in [0.25, 0.3) is 0 Å². The lowest BCUT2D eigenvalue weighted by Crippen LogP contribution is -2.37. The van der Waals surface area contributed by atoms with Crippen molar-refractivity contribution in [3.8, 4) is 11.1 Å². The fourth-order valence-corrected chi connectivity index (χ4v) is 3.12. The normalized spacial score (nSPS) is 18.4. The number of amides is 1. The average molecular weight is 359 g/mol. The predicted octanol–water partition coefficient (Wildman–Crippen LogP) is 4.15. The topological polar surface area (TPSA) is 32.3 Å². The van der Waals surface area contributed by atoms with Crippen LogP contribution in [0, 0.1) is 0 Å². The molecule has 1 N–H and O–H groups in total. The first-order chi connectivity index (χ1) is 10.6. The van der Waals surface area contributed by atoms with Gasteiger partial charge in [0, 0.05) is 10.2 Å². The van der Waals surface area contributed by atoms with E-state index in [9.17, 15) is 4.79 Å². The molecule has 4 heteroatoms. The largest absolute Gasteiger partial charge is 0.325 e. The van der Waals surface area contributed by atoms with E-state index in [1.54, 1.807) is 0 Å². The summed E-state index contributed by atoms with van der Waals surface area (Å²) in [6.07, 6.45) is 2.04. The van der Waals surface area contributed by atoms with Crippen LogP contribution < -0.4 is 5.32 Å². The van der Waals surface area contributed by atoms with Crippen molar-refractivity contribution in [3.63, 3.8) is 0 Å². The summed E-state index contributed by atoms with van der Waals surface area (Å²) >= 11 is 3.44. The third kappa shape index (κ3) is 3.39. The van der Waals surface area contributed by atoms with E-state index >= 15 is 0 Å². The molecule has 0 spiro atoms. The Hall–Kier alpha value is -1.65. The first-order valence-electron chi connectivity index (χ1n) is 7.50. The number of hydrogen-bond acceptors (Lipinski definition) is 2. The van der Waals surface area contributed by atoms with Gasteiger partial charge in [0.05, 0.1) is 6.04 Å². The number of nitrogens with one attached hydrogen (secondary N) is 1. The van der Waals surface area contributed by atoms with E-state index in [-0.39, 0.29) is 11.9 Å². The molecule has 2 aromatic carbocycles. The van der Waals surface area contributed by atoms with Crippen LogP contribution in [0.3, 0.4) is 0 Å². The van der Waals surface area contributed by atoms with Gasteiger partial charge >= 0.3 is 0 Å². The van der Waals surface area contributed by atoms with E-state index in [1.807, 2.05) is 43.4 Å². The number of rotatable bonds is 3. The molecule has 1 atom stereocenters. The molecular formula is C18H19BrN2O. The van der Waals surface area contributed by atoms with Crippen LogP contribution >= 0.6 is 15.9 Å². The van der Waals surface area contributed by atoms with Gasteiger partial charge in [-0.15, -0.1) is 0 Å². The Morgan fingerprint density at radius 2 is 1.68 bits per heavy atom. The average Bonchev–Trinajstić information content (AvgIpc) is 2.95. The molecule has 0 saturated carbocycles. The van der Waals surface area contributed by atoms with E-state index in [1.165, 1.54) is 0 Å². The van der Waals surface area contributed by atoms with Crippen LogP contribution in [0.25, 0.3) is 11.1 Å². The Morgan fingerprint density at radius 3 is 2.23 bits per heavy atom. The minimum Gasteiger partial charge on any atom is -0.325 e. The Morgan fingerprint density at radius 1 is 1.09 bits per heavy atom. The lowest BCUT2D eigenvalue weighted by atomic mass is 10.1. The third-order valence-corrected chi connectivity index (χ3v) is 4.68. The number of benzene rings is 2. The highest BCUT2D eigenvalue weighted by atomic mass is 79.9. The van der Waals surface area contributed by atoms with Crippen molar-refractivity contribution in [2.75, 3.05) is 18.9 Å². The SMILES string of the molecule is CN1CCCC1C(=O)Nc1ccc(-c2ccc(Br)cc2)cc1. The number of hydrogen-bond donors (Lipinski definition) is 1. The van der Waals surface area contributed by atoms with Crippen LogP contribution in [0.15, 0.2) is 53.0 Å². The van der Waals surface area contributed by atoms with E-state index < -0.39 is 0 Å². The maximum atomic E-state index is 12.3. The van der Waals surface area contributed by atoms with Crippen LogP contribution in [-0.4, -0.2) is 30.4 Å². The van der Waals surface area contributed by atoms with Crippen molar-refractivity contribution < 1.29 is 4.79 Å². The van der Waals surface area contributed by atoms with Crippen LogP contribution in [0.2, 0.25) is 0 Å². The predicted molar refractivity (Wildman–Crippen MR) is 93.9 cm³/mol. The fraction of sp³-hybridized carbons (Fsp3) is 0.278. The lowest BCUT2D eigenvalue weighted by molar-refractivity contribution is -0.119. The minimum absolute atomic E-state index is 0.00569. The summed E-state index contributed by atoms with van der Waals surface area (Å²) in [6.45, 7) is 1.00. The van der Waals surface area contributed by atoms with Gasteiger partial charge in [-0.1, -0.05) is 40.2 Å². The number of likely N-dealkylation sites (tertiary alicyclic amines) is 1. The second-order valence-corrected chi connectivity index (χ2v) is 6.63. The van der Waals surface area contributed by atoms with Gasteiger partial charge in [0.15, 0.2) is 0 Å². The van der Waals surface area contributed by atoms with Crippen molar-refractivity contribution in [1.29, 1.82) is 0 Å². The highest BCUT2D eigenvalue weighted by molar-refractivity contribution is 9.10. The van der Waals surface area contributed by atoms with Gasteiger partial charge in [-0.3, -0.25) is 9.69 Å². The monoisotopic (exact) mass is 358 g/mol. The molecule has 0 aromatic heterocycles. The van der Waals surface area contributed by atoms with Gasteiger partial charge in [0.2, 0.25) is 5.91 Å². The molecule has 22 heavy (non-hydrogen) atoms. The first kappa shape index (κ1) is 15.3. The highest BCUT2D eigenvalue weighted by Gasteiger charge is 2.27. The Bertz CT molecular complexity index is 652. The van der Waals surface area contributed by atoms with E-state index in [0.717, 1.165) is 40.7 Å². The number of nitrogens with zero attached hydrogens (tertiary/aromatic N) is 1. The van der Waals surface area contributed by atoms with Gasteiger partial charge in [-0.25, -0.2) is 0 Å². The second kappa shape index (κ2) is 6.63. The summed E-state index contributed by atoms with van der Waals surface area (Å²) in [5.74, 6) is 0.0939. The Balaban J connectivity index is 1.69. The quantitative estimate of drug-likeness (QED) is 0.893. The molecule has 1 unspecified atom stereocenters. The van der Waals surface area contributed by atoms with Crippen molar-refractivity contribution in [3.05, 3.63) is 53.0 Å². The first-order valence-corrected chi connectivity index (χ1v) is 8.30. The summed E-state index contributed by atoms with van der Waals surface area (Å²) in [6, 6.07) is 16.2. The van der Waals surface area contributed by atoms with Crippen molar-refractivity contribution in [1.82, 2.24) is 4.90 Å². The molecule has 1 aliphatic heterocycles. The van der Waals surface area contributed by atoms with Crippen molar-refractivity contribution in [2.45, 2.75) is 18.9 Å². The molecule has 0 radical (unpaired) electrons. The van der Waals surface area contributed by atoms with Crippen LogP contribution in [0.5, 0.6) is 0 Å². The lowest BCUT2D eigenvalue weighted by Gasteiger charge is -2.18. The molecule has 0 aliphatic carbocycles. The maximum absolute atomic E-state index is 12.3. The summed E-state index contributed by atoms with van der Waals surface area (Å²) < 4.78 is 1.07. The van der Waals surface area contributed by atoms with Crippen LogP contribution in [-0.2, 0) is 4.79 Å². The smallest absolute Gasteiger partial charge is 0.241 e. The van der Waals surface area contributed by atoms with E-state index in [2.05, 4.69) is 38.3 Å². The number of anilines is 1. The summed E-state index contributed by atoms with van der Waals surface area (Å²) in [4.78, 5) is 14.4. The van der Waals surface area contributed by atoms with Crippen LogP contribution in [0.1, 0.15) is 12.8 Å². The molecule has 3 rings (SSSR count). The molecule has 0 bridgehead atoms. The zero-order valence-corrected chi connectivity index (χ0v) is 14.1. The third-order valence-electron chi connectivity index (χ3n) is 4.15. The zero-order chi connectivity index (χ0) is 15.5. The summed E-state index contributed by atoms with van der Waals surface area (Å²) in [5, 5.41) is 3.01. The maximum Gasteiger partial charge on any atom is 0.241 e. The molecule has 1 heterocycles. The molecule has 114 valence electrons. The van der Waals surface area contributed by atoms with Crippen molar-refractivity contribution >= 4 is 27.5 Å². The molecular weight excluding hydrogens is 340 g/mol. The number of carbonyl (C=O) groups excluding carboxylic acids is 1. The molecule has 1 fully saturated rings. The standard InChI is InChI=1S/C18H19BrN2O/c1-21-12-2-3-17(21)18(22)20-16-10-6-14(7-11-16)13-4-8-15(19)9-5-13/h4-11,17H,2-3,12H2,1H3,(H,20,22). The van der Waals surface area contributed by atoms with Gasteiger partial charge in [-0.2, -0.15) is 0 Å². The van der Waals surface area contributed by atoms with Gasteiger partial charge < -0.3 is 5.32 Å². The second-order valence-electron chi connectivity index (χ2n) is 5.71. The van der Waals surface area contributed by atoms with Gasteiger partial charge in [0.1, 0.15) is 0 Å². The summed E-state index contributed by atoms with van der Waals surface area (Å²) in [5.41, 5.74) is 3.16. The van der Waals surface area contributed by atoms with Crippen molar-refractivity contribution in [2.24, 2.45) is 0 Å². The Kier molecular flexibility index (Phi) is 4.60. The molecule has 3 nitrogen and oxygen atoms in total.